The largest absolute Gasteiger partial charge is 0.351 e. The van der Waals surface area contributed by atoms with Crippen molar-refractivity contribution < 1.29 is 14.4 Å². The number of pyridine rings is 2. The number of hydrogen-bond acceptors (Lipinski definition) is 6. The molecule has 5 aromatic rings. The van der Waals surface area contributed by atoms with Crippen molar-refractivity contribution in [3.05, 3.63) is 101 Å². The van der Waals surface area contributed by atoms with Crippen LogP contribution in [0.25, 0.3) is 33.3 Å². The lowest BCUT2D eigenvalue weighted by Gasteiger charge is -2.28. The number of nitrogens with zero attached hydrogens (tertiary/aromatic N) is 6. The number of rotatable bonds is 8. The molecule has 3 amide bonds. The first kappa shape index (κ1) is 32.7. The summed E-state index contributed by atoms with van der Waals surface area (Å²) in [6, 6.07) is 17.5. The topological polar surface area (TPSA) is 113 Å². The van der Waals surface area contributed by atoms with Crippen LogP contribution in [0.2, 0.25) is 0 Å². The lowest BCUT2D eigenvalue weighted by atomic mass is 10.0. The van der Waals surface area contributed by atoms with Gasteiger partial charge in [0.25, 0.3) is 11.8 Å². The number of carbonyl (C=O) groups is 3. The molecule has 7 rings (SSSR count). The third kappa shape index (κ3) is 6.23. The van der Waals surface area contributed by atoms with Gasteiger partial charge >= 0.3 is 0 Å². The SMILES string of the molecule is CCc1nc(-c2cccc3cc(-c4ccc(C(=O)NCCCC#Cc5cccc6c5CN(CC)C6=O)nc4)ncc23)c2n1CCN(C(C)=O)C2. The highest BCUT2D eigenvalue weighted by atomic mass is 16.2. The summed E-state index contributed by atoms with van der Waals surface area (Å²) in [4.78, 5) is 55.4. The lowest BCUT2D eigenvalue weighted by Crippen LogP contribution is -2.37. The van der Waals surface area contributed by atoms with E-state index in [-0.39, 0.29) is 17.7 Å². The number of aromatic nitrogens is 4. The molecule has 2 aliphatic heterocycles. The third-order valence-corrected chi connectivity index (χ3v) is 9.57. The Morgan fingerprint density at radius 1 is 0.960 bits per heavy atom. The minimum Gasteiger partial charge on any atom is -0.351 e. The molecule has 0 bridgehead atoms. The summed E-state index contributed by atoms with van der Waals surface area (Å²) in [6.45, 7) is 9.44. The van der Waals surface area contributed by atoms with E-state index in [4.69, 9.17) is 9.97 Å². The number of benzene rings is 2. The Morgan fingerprint density at radius 3 is 2.58 bits per heavy atom. The highest BCUT2D eigenvalue weighted by molar-refractivity contribution is 5.99. The molecule has 2 aromatic carbocycles. The molecule has 0 radical (unpaired) electrons. The van der Waals surface area contributed by atoms with Gasteiger partial charge in [-0.25, -0.2) is 4.98 Å². The van der Waals surface area contributed by atoms with Crippen molar-refractivity contribution >= 4 is 28.5 Å². The van der Waals surface area contributed by atoms with Gasteiger partial charge in [-0.1, -0.05) is 43.0 Å². The van der Waals surface area contributed by atoms with Crippen molar-refractivity contribution in [3.63, 3.8) is 0 Å². The second-order valence-corrected chi connectivity index (χ2v) is 12.6. The molecular weight excluding hydrogens is 626 g/mol. The molecule has 10 heteroatoms. The quantitative estimate of drug-likeness (QED) is 0.170. The maximum atomic E-state index is 12.8. The van der Waals surface area contributed by atoms with E-state index >= 15 is 0 Å². The van der Waals surface area contributed by atoms with E-state index in [1.807, 2.05) is 59.3 Å². The molecule has 2 aliphatic rings. The van der Waals surface area contributed by atoms with Gasteiger partial charge in [-0.15, -0.1) is 0 Å². The predicted molar refractivity (Wildman–Crippen MR) is 192 cm³/mol. The van der Waals surface area contributed by atoms with Gasteiger partial charge in [0, 0.05) is 92.5 Å². The van der Waals surface area contributed by atoms with Crippen molar-refractivity contribution in [3.8, 4) is 34.4 Å². The fourth-order valence-corrected chi connectivity index (χ4v) is 6.80. The van der Waals surface area contributed by atoms with E-state index in [0.29, 0.717) is 51.3 Å². The first-order valence-electron chi connectivity index (χ1n) is 17.2. The number of imidazole rings is 1. The van der Waals surface area contributed by atoms with Crippen LogP contribution in [0.3, 0.4) is 0 Å². The van der Waals surface area contributed by atoms with Crippen LogP contribution in [0.4, 0.5) is 0 Å². The summed E-state index contributed by atoms with van der Waals surface area (Å²) < 4.78 is 2.26. The monoisotopic (exact) mass is 665 g/mol. The predicted octanol–water partition coefficient (Wildman–Crippen LogP) is 5.62. The number of carbonyl (C=O) groups excluding carboxylic acids is 3. The Balaban J connectivity index is 0.992. The number of unbranched alkanes of at least 4 members (excludes halogenated alkanes) is 1. The van der Waals surface area contributed by atoms with Crippen molar-refractivity contribution in [1.29, 1.82) is 0 Å². The highest BCUT2D eigenvalue weighted by Crippen LogP contribution is 2.34. The fourth-order valence-electron chi connectivity index (χ4n) is 6.80. The summed E-state index contributed by atoms with van der Waals surface area (Å²) >= 11 is 0. The number of hydrogen-bond donors (Lipinski definition) is 1. The first-order chi connectivity index (χ1) is 24.4. The van der Waals surface area contributed by atoms with Crippen molar-refractivity contribution in [2.24, 2.45) is 0 Å². The van der Waals surface area contributed by atoms with Gasteiger partial charge in [0.05, 0.1) is 23.6 Å². The zero-order valence-corrected chi connectivity index (χ0v) is 28.6. The van der Waals surface area contributed by atoms with Gasteiger partial charge in [0.15, 0.2) is 0 Å². The summed E-state index contributed by atoms with van der Waals surface area (Å²) in [6.07, 6.45) is 5.69. The molecule has 0 saturated heterocycles. The van der Waals surface area contributed by atoms with Gasteiger partial charge < -0.3 is 19.7 Å². The molecule has 5 heterocycles. The van der Waals surface area contributed by atoms with Crippen molar-refractivity contribution in [2.75, 3.05) is 19.6 Å². The second-order valence-electron chi connectivity index (χ2n) is 12.6. The molecular formula is C40H39N7O3. The van der Waals surface area contributed by atoms with Crippen molar-refractivity contribution in [1.82, 2.24) is 34.6 Å². The van der Waals surface area contributed by atoms with Crippen LogP contribution in [0, 0.1) is 11.8 Å². The van der Waals surface area contributed by atoms with Gasteiger partial charge in [0.1, 0.15) is 11.5 Å². The Bertz CT molecular complexity index is 2190. The lowest BCUT2D eigenvalue weighted by molar-refractivity contribution is -0.130. The minimum absolute atomic E-state index is 0.0669. The molecule has 50 heavy (non-hydrogen) atoms. The van der Waals surface area contributed by atoms with Crippen LogP contribution >= 0.6 is 0 Å². The summed E-state index contributed by atoms with van der Waals surface area (Å²) in [5.74, 6) is 7.34. The van der Waals surface area contributed by atoms with Gasteiger partial charge in [-0.2, -0.15) is 0 Å². The van der Waals surface area contributed by atoms with Gasteiger partial charge in [-0.3, -0.25) is 24.4 Å². The molecule has 0 atom stereocenters. The number of amides is 3. The molecule has 10 nitrogen and oxygen atoms in total. The Labute approximate surface area is 291 Å². The number of nitrogens with one attached hydrogen (secondary N) is 1. The Kier molecular flexibility index (Phi) is 9.13. The van der Waals surface area contributed by atoms with Crippen LogP contribution in [0.1, 0.15) is 77.1 Å². The molecule has 252 valence electrons. The van der Waals surface area contributed by atoms with E-state index in [1.165, 1.54) is 0 Å². The fraction of sp³-hybridized carbons (Fsp3) is 0.300. The number of fused-ring (bicyclic) bond motifs is 3. The first-order valence-corrected chi connectivity index (χ1v) is 17.2. The highest BCUT2D eigenvalue weighted by Gasteiger charge is 2.28. The smallest absolute Gasteiger partial charge is 0.269 e. The minimum atomic E-state index is -0.238. The molecule has 0 saturated carbocycles. The molecule has 3 aromatic heterocycles. The van der Waals surface area contributed by atoms with E-state index in [2.05, 4.69) is 45.8 Å². The zero-order valence-electron chi connectivity index (χ0n) is 28.6. The maximum Gasteiger partial charge on any atom is 0.269 e. The van der Waals surface area contributed by atoms with Gasteiger partial charge in [0.2, 0.25) is 5.91 Å². The van der Waals surface area contributed by atoms with Crippen LogP contribution in [-0.2, 0) is 30.8 Å². The van der Waals surface area contributed by atoms with E-state index in [0.717, 1.165) is 74.5 Å². The zero-order chi connectivity index (χ0) is 34.8. The molecule has 0 fully saturated rings. The van der Waals surface area contributed by atoms with Crippen LogP contribution in [0.5, 0.6) is 0 Å². The third-order valence-electron chi connectivity index (χ3n) is 9.57. The van der Waals surface area contributed by atoms with Crippen LogP contribution in [-0.4, -0.2) is 66.7 Å². The van der Waals surface area contributed by atoms with E-state index in [1.54, 1.807) is 19.2 Å². The Hall–Kier alpha value is -5.82. The van der Waals surface area contributed by atoms with Crippen molar-refractivity contribution in [2.45, 2.75) is 59.7 Å². The molecule has 0 unspecified atom stereocenters. The molecule has 1 N–H and O–H groups in total. The maximum absolute atomic E-state index is 12.8. The second kappa shape index (κ2) is 14.0. The average molecular weight is 666 g/mol. The van der Waals surface area contributed by atoms with Crippen LogP contribution in [0.15, 0.2) is 67.0 Å². The van der Waals surface area contributed by atoms with Gasteiger partial charge in [-0.05, 0) is 54.6 Å². The number of aryl methyl sites for hydroxylation is 1. The standard InChI is InChI=1S/C40H39N7O3/c1-4-37-44-38(36-25-46(26(3)48)19-20-47(36)37)30-14-10-13-28-21-35(43-23-32(28)30)29-16-17-34(42-22-29)39(49)41-18-8-6-7-11-27-12-9-15-31-33(27)24-45(5-2)40(31)50/h9-10,12-17,21-23H,4-6,8,18-20,24-25H2,1-3H3,(H,41,49). The molecule has 0 spiro atoms. The van der Waals surface area contributed by atoms with E-state index < -0.39 is 0 Å². The molecule has 0 aliphatic carbocycles. The van der Waals surface area contributed by atoms with E-state index in [9.17, 15) is 14.4 Å². The summed E-state index contributed by atoms with van der Waals surface area (Å²) in [5, 5.41) is 4.94. The Morgan fingerprint density at radius 2 is 1.80 bits per heavy atom. The average Bonchev–Trinajstić information content (AvgIpc) is 3.69. The normalized spacial score (nSPS) is 13.5. The summed E-state index contributed by atoms with van der Waals surface area (Å²) in [7, 11) is 0. The summed E-state index contributed by atoms with van der Waals surface area (Å²) in [5.41, 5.74) is 7.50. The van der Waals surface area contributed by atoms with Crippen LogP contribution < -0.4 is 5.32 Å².